The Morgan fingerprint density at radius 1 is 1.06 bits per heavy atom. The number of ether oxygens (including phenoxy) is 4. The van der Waals surface area contributed by atoms with Gasteiger partial charge in [0.15, 0.2) is 34.9 Å². The molecule has 1 amide bonds. The molecular weight excluding hydrogens is 398 g/mol. The summed E-state index contributed by atoms with van der Waals surface area (Å²) in [5, 5.41) is 0. The number of carbonyl (C=O) groups excluding carboxylic acids is 2. The number of hydrogen-bond donors (Lipinski definition) is 0. The van der Waals surface area contributed by atoms with Gasteiger partial charge in [-0.15, -0.1) is 0 Å². The van der Waals surface area contributed by atoms with Crippen LogP contribution in [0.1, 0.15) is 29.8 Å². The van der Waals surface area contributed by atoms with Gasteiger partial charge >= 0.3 is 0 Å². The summed E-state index contributed by atoms with van der Waals surface area (Å²) in [5.41, 5.74) is 1.29. The molecule has 0 fully saturated rings. The maximum atomic E-state index is 12.6. The number of fused-ring (bicyclic) bond motifs is 1. The van der Waals surface area contributed by atoms with Crippen LogP contribution in [0.2, 0.25) is 0 Å². The molecule has 2 aromatic carbocycles. The van der Waals surface area contributed by atoms with Crippen molar-refractivity contribution in [2.24, 2.45) is 0 Å². The minimum Gasteiger partial charge on any atom is -0.490 e. The van der Waals surface area contributed by atoms with Gasteiger partial charge in [0.05, 0.1) is 6.61 Å². The molecule has 0 radical (unpaired) electrons. The minimum atomic E-state index is -0.646. The van der Waals surface area contributed by atoms with E-state index in [4.69, 9.17) is 18.9 Å². The molecule has 7 heteroatoms. The van der Waals surface area contributed by atoms with Crippen molar-refractivity contribution in [3.63, 3.8) is 0 Å². The van der Waals surface area contributed by atoms with Crippen molar-refractivity contribution < 1.29 is 28.5 Å². The van der Waals surface area contributed by atoms with Crippen molar-refractivity contribution >= 4 is 17.8 Å². The fourth-order valence-electron chi connectivity index (χ4n) is 3.06. The van der Waals surface area contributed by atoms with Gasteiger partial charge in [0.25, 0.3) is 5.91 Å². The topological polar surface area (TPSA) is 74.3 Å². The van der Waals surface area contributed by atoms with Crippen LogP contribution < -0.4 is 18.9 Å². The molecule has 0 spiro atoms. The first kappa shape index (κ1) is 22.2. The van der Waals surface area contributed by atoms with Gasteiger partial charge in [0, 0.05) is 19.7 Å². The van der Waals surface area contributed by atoms with Gasteiger partial charge in [0.2, 0.25) is 0 Å². The zero-order chi connectivity index (χ0) is 22.4. The quantitative estimate of drug-likeness (QED) is 0.475. The third kappa shape index (κ3) is 5.57. The van der Waals surface area contributed by atoms with Gasteiger partial charge in [-0.25, -0.2) is 0 Å². The van der Waals surface area contributed by atoms with E-state index >= 15 is 0 Å². The summed E-state index contributed by atoms with van der Waals surface area (Å²) in [6.45, 7) is 4.97. The Balaban J connectivity index is 1.75. The summed E-state index contributed by atoms with van der Waals surface area (Å²) in [5.74, 6) is 1.91. The Morgan fingerprint density at radius 2 is 1.81 bits per heavy atom. The van der Waals surface area contributed by atoms with E-state index in [1.54, 1.807) is 63.5 Å². The van der Waals surface area contributed by atoms with Crippen LogP contribution in [0, 0.1) is 0 Å². The van der Waals surface area contributed by atoms with E-state index in [0.29, 0.717) is 48.4 Å². The zero-order valence-electron chi connectivity index (χ0n) is 18.2. The lowest BCUT2D eigenvalue weighted by Gasteiger charge is -2.20. The minimum absolute atomic E-state index is 0.142. The SMILES string of the molecule is CCOc1cc(/C=C/C(=O)c2ccc3c(c2)OCCO3)ccc1O[C@@H](C)C(=O)N(C)C. The normalized spacial score (nSPS) is 13.5. The number of benzene rings is 2. The number of allylic oxidation sites excluding steroid dienone is 1. The standard InChI is InChI=1S/C24H27NO6/c1-5-28-22-14-17(7-10-21(22)31-16(2)24(27)25(3)4)6-9-19(26)18-8-11-20-23(15-18)30-13-12-29-20/h6-11,14-16H,5,12-13H2,1-4H3/b9-6+/t16-/m0/s1. The van der Waals surface area contributed by atoms with Crippen molar-refractivity contribution in [1.82, 2.24) is 4.90 Å². The molecule has 0 N–H and O–H groups in total. The first-order valence-corrected chi connectivity index (χ1v) is 10.2. The summed E-state index contributed by atoms with van der Waals surface area (Å²) < 4.78 is 22.5. The van der Waals surface area contributed by atoms with Crippen LogP contribution in [0.25, 0.3) is 6.08 Å². The molecule has 0 saturated carbocycles. The smallest absolute Gasteiger partial charge is 0.262 e. The number of nitrogens with zero attached hydrogens (tertiary/aromatic N) is 1. The molecule has 0 bridgehead atoms. The highest BCUT2D eigenvalue weighted by molar-refractivity contribution is 6.07. The average molecular weight is 425 g/mol. The average Bonchev–Trinajstić information content (AvgIpc) is 2.78. The van der Waals surface area contributed by atoms with Crippen LogP contribution in [0.4, 0.5) is 0 Å². The molecular formula is C24H27NO6. The monoisotopic (exact) mass is 425 g/mol. The van der Waals surface area contributed by atoms with Crippen LogP contribution in [0.5, 0.6) is 23.0 Å². The first-order valence-electron chi connectivity index (χ1n) is 10.2. The van der Waals surface area contributed by atoms with E-state index in [0.717, 1.165) is 5.56 Å². The van der Waals surface area contributed by atoms with Crippen molar-refractivity contribution in [1.29, 1.82) is 0 Å². The highest BCUT2D eigenvalue weighted by atomic mass is 16.6. The highest BCUT2D eigenvalue weighted by Gasteiger charge is 2.19. The maximum absolute atomic E-state index is 12.6. The molecule has 0 aromatic heterocycles. The van der Waals surface area contributed by atoms with Crippen LogP contribution in [-0.2, 0) is 4.79 Å². The number of hydrogen-bond acceptors (Lipinski definition) is 6. The van der Waals surface area contributed by atoms with E-state index in [9.17, 15) is 9.59 Å². The van der Waals surface area contributed by atoms with Gasteiger partial charge in [-0.1, -0.05) is 12.1 Å². The summed E-state index contributed by atoms with van der Waals surface area (Å²) in [4.78, 5) is 26.1. The van der Waals surface area contributed by atoms with Gasteiger partial charge in [-0.2, -0.15) is 0 Å². The lowest BCUT2D eigenvalue weighted by atomic mass is 10.1. The Labute approximate surface area is 182 Å². The zero-order valence-corrected chi connectivity index (χ0v) is 18.2. The van der Waals surface area contributed by atoms with Crippen LogP contribution in [0.15, 0.2) is 42.5 Å². The van der Waals surface area contributed by atoms with Crippen molar-refractivity contribution in [3.05, 3.63) is 53.6 Å². The van der Waals surface area contributed by atoms with Crippen molar-refractivity contribution in [3.8, 4) is 23.0 Å². The molecule has 3 rings (SSSR count). The second-order valence-corrected chi connectivity index (χ2v) is 7.19. The predicted octanol–water partition coefficient (Wildman–Crippen LogP) is 3.61. The number of carbonyl (C=O) groups is 2. The Morgan fingerprint density at radius 3 is 2.52 bits per heavy atom. The Hall–Kier alpha value is -3.48. The molecule has 164 valence electrons. The van der Waals surface area contributed by atoms with Crippen LogP contribution in [0.3, 0.4) is 0 Å². The van der Waals surface area contributed by atoms with E-state index < -0.39 is 6.10 Å². The van der Waals surface area contributed by atoms with Crippen molar-refractivity contribution in [2.45, 2.75) is 20.0 Å². The number of ketones is 1. The molecule has 0 unspecified atom stereocenters. The largest absolute Gasteiger partial charge is 0.490 e. The molecule has 1 heterocycles. The van der Waals surface area contributed by atoms with E-state index in [2.05, 4.69) is 0 Å². The predicted molar refractivity (Wildman–Crippen MR) is 117 cm³/mol. The molecule has 0 saturated heterocycles. The molecule has 1 aliphatic rings. The Kier molecular flexibility index (Phi) is 7.18. The number of likely N-dealkylation sites (N-methyl/N-ethyl adjacent to an activating group) is 1. The highest BCUT2D eigenvalue weighted by Crippen LogP contribution is 2.32. The first-order chi connectivity index (χ1) is 14.9. The molecule has 1 atom stereocenters. The lowest BCUT2D eigenvalue weighted by molar-refractivity contribution is -0.135. The summed E-state index contributed by atoms with van der Waals surface area (Å²) in [6, 6.07) is 10.5. The lowest BCUT2D eigenvalue weighted by Crippen LogP contribution is -2.35. The maximum Gasteiger partial charge on any atom is 0.262 e. The Bertz CT molecular complexity index is 982. The van der Waals surface area contributed by atoms with E-state index in [1.807, 2.05) is 6.92 Å². The number of amides is 1. The fraction of sp³-hybridized carbons (Fsp3) is 0.333. The van der Waals surface area contributed by atoms with Gasteiger partial charge in [-0.3, -0.25) is 9.59 Å². The summed E-state index contributed by atoms with van der Waals surface area (Å²) >= 11 is 0. The summed E-state index contributed by atoms with van der Waals surface area (Å²) in [7, 11) is 3.36. The number of rotatable bonds is 8. The van der Waals surface area contributed by atoms with Gasteiger partial charge in [-0.05, 0) is 55.8 Å². The van der Waals surface area contributed by atoms with Crippen LogP contribution in [-0.4, -0.2) is 56.6 Å². The van der Waals surface area contributed by atoms with Crippen molar-refractivity contribution in [2.75, 3.05) is 33.9 Å². The summed E-state index contributed by atoms with van der Waals surface area (Å²) in [6.07, 6.45) is 2.56. The fourth-order valence-corrected chi connectivity index (χ4v) is 3.06. The van der Waals surface area contributed by atoms with Gasteiger partial charge in [0.1, 0.15) is 13.2 Å². The molecule has 0 aliphatic carbocycles. The second kappa shape index (κ2) is 10.0. The van der Waals surface area contributed by atoms with Crippen LogP contribution >= 0.6 is 0 Å². The molecule has 1 aliphatic heterocycles. The third-order valence-corrected chi connectivity index (χ3v) is 4.61. The molecule has 7 nitrogen and oxygen atoms in total. The van der Waals surface area contributed by atoms with E-state index in [-0.39, 0.29) is 11.7 Å². The third-order valence-electron chi connectivity index (χ3n) is 4.61. The van der Waals surface area contributed by atoms with Gasteiger partial charge < -0.3 is 23.8 Å². The van der Waals surface area contributed by atoms with E-state index in [1.165, 1.54) is 11.0 Å². The molecule has 31 heavy (non-hydrogen) atoms. The molecule has 2 aromatic rings. The second-order valence-electron chi connectivity index (χ2n) is 7.19.